The fourth-order valence-electron chi connectivity index (χ4n) is 0.963. The van der Waals surface area contributed by atoms with Crippen molar-refractivity contribution >= 4 is 34.8 Å². The lowest BCUT2D eigenvalue weighted by Crippen LogP contribution is -2.27. The highest BCUT2D eigenvalue weighted by Crippen LogP contribution is 2.32. The average Bonchev–Trinajstić information content (AvgIpc) is 2.08. The summed E-state index contributed by atoms with van der Waals surface area (Å²) in [6.07, 6.45) is 0. The second kappa shape index (κ2) is 4.60. The maximum atomic E-state index is 12.9. The van der Waals surface area contributed by atoms with Crippen LogP contribution in [0, 0.1) is 11.2 Å². The lowest BCUT2D eigenvalue weighted by molar-refractivity contribution is -0.123. The van der Waals surface area contributed by atoms with E-state index in [0.717, 1.165) is 12.1 Å². The second-order valence-electron chi connectivity index (χ2n) is 4.45. The molecule has 2 nitrogen and oxygen atoms in total. The Hall–Kier alpha value is -0.800. The Balaban J connectivity index is 3.03. The van der Waals surface area contributed by atoms with E-state index in [-0.39, 0.29) is 21.6 Å². The number of rotatable bonds is 1. The molecule has 0 spiro atoms. The number of nitrogens with one attached hydrogen (secondary N) is 1. The van der Waals surface area contributed by atoms with Gasteiger partial charge in [-0.15, -0.1) is 0 Å². The predicted octanol–water partition coefficient (Wildman–Crippen LogP) is 4.12. The van der Waals surface area contributed by atoms with Crippen LogP contribution in [0.2, 0.25) is 10.0 Å². The van der Waals surface area contributed by atoms with Gasteiger partial charge in [-0.25, -0.2) is 4.39 Å². The number of benzene rings is 1. The quantitative estimate of drug-likeness (QED) is 0.812. The van der Waals surface area contributed by atoms with Crippen molar-refractivity contribution in [1.29, 1.82) is 0 Å². The zero-order chi connectivity index (χ0) is 12.5. The normalized spacial score (nSPS) is 11.4. The molecule has 0 radical (unpaired) electrons. The van der Waals surface area contributed by atoms with E-state index in [2.05, 4.69) is 5.32 Å². The van der Waals surface area contributed by atoms with Crippen LogP contribution in [0.4, 0.5) is 10.1 Å². The van der Waals surface area contributed by atoms with Crippen molar-refractivity contribution in [1.82, 2.24) is 0 Å². The van der Waals surface area contributed by atoms with E-state index in [1.165, 1.54) is 0 Å². The van der Waals surface area contributed by atoms with Gasteiger partial charge in [0, 0.05) is 5.41 Å². The minimum absolute atomic E-state index is 0.0857. The van der Waals surface area contributed by atoms with E-state index in [1.54, 1.807) is 20.8 Å². The maximum absolute atomic E-state index is 12.9. The fraction of sp³-hybridized carbons (Fsp3) is 0.364. The van der Waals surface area contributed by atoms with Crippen LogP contribution in [0.3, 0.4) is 0 Å². The van der Waals surface area contributed by atoms with Crippen molar-refractivity contribution < 1.29 is 9.18 Å². The molecule has 0 heterocycles. The molecule has 88 valence electrons. The van der Waals surface area contributed by atoms with Gasteiger partial charge in [-0.2, -0.15) is 0 Å². The number of hydrogen-bond donors (Lipinski definition) is 1. The first-order valence-electron chi connectivity index (χ1n) is 4.68. The van der Waals surface area contributed by atoms with E-state index >= 15 is 0 Å². The summed E-state index contributed by atoms with van der Waals surface area (Å²) in [5, 5.41) is 2.75. The smallest absolute Gasteiger partial charge is 0.229 e. The molecule has 0 aliphatic rings. The number of anilines is 1. The van der Waals surface area contributed by atoms with Gasteiger partial charge in [0.1, 0.15) is 5.82 Å². The third kappa shape index (κ3) is 3.09. The molecule has 1 rings (SSSR count). The van der Waals surface area contributed by atoms with Gasteiger partial charge >= 0.3 is 0 Å². The molecule has 0 aromatic heterocycles. The first-order valence-corrected chi connectivity index (χ1v) is 5.43. The SMILES string of the molecule is CC(C)(C)C(=O)Nc1c(Cl)cc(F)cc1Cl. The van der Waals surface area contributed by atoms with Crippen LogP contribution in [0.1, 0.15) is 20.8 Å². The molecule has 1 aromatic carbocycles. The summed E-state index contributed by atoms with van der Waals surface area (Å²) in [7, 11) is 0. The Kier molecular flexibility index (Phi) is 3.81. The zero-order valence-corrected chi connectivity index (χ0v) is 10.7. The lowest BCUT2D eigenvalue weighted by Gasteiger charge is -2.19. The van der Waals surface area contributed by atoms with E-state index in [4.69, 9.17) is 23.2 Å². The fourth-order valence-corrected chi connectivity index (χ4v) is 1.52. The largest absolute Gasteiger partial charge is 0.323 e. The summed E-state index contributed by atoms with van der Waals surface area (Å²) >= 11 is 11.6. The molecule has 0 saturated heterocycles. The molecule has 0 bridgehead atoms. The Morgan fingerprint density at radius 2 is 1.69 bits per heavy atom. The third-order valence-electron chi connectivity index (χ3n) is 1.93. The van der Waals surface area contributed by atoms with Gasteiger partial charge in [0.05, 0.1) is 15.7 Å². The first kappa shape index (κ1) is 13.3. The van der Waals surface area contributed by atoms with Crippen LogP contribution in [-0.2, 0) is 4.79 Å². The van der Waals surface area contributed by atoms with Crippen molar-refractivity contribution in [3.8, 4) is 0 Å². The maximum Gasteiger partial charge on any atom is 0.229 e. The second-order valence-corrected chi connectivity index (χ2v) is 5.26. The minimum Gasteiger partial charge on any atom is -0.323 e. The molecular weight excluding hydrogens is 252 g/mol. The van der Waals surface area contributed by atoms with Crippen LogP contribution >= 0.6 is 23.2 Å². The average molecular weight is 264 g/mol. The molecule has 16 heavy (non-hydrogen) atoms. The number of amides is 1. The highest BCUT2D eigenvalue weighted by molar-refractivity contribution is 6.39. The van der Waals surface area contributed by atoms with Crippen LogP contribution < -0.4 is 5.32 Å². The van der Waals surface area contributed by atoms with Crippen molar-refractivity contribution in [2.45, 2.75) is 20.8 Å². The molecule has 1 N–H and O–H groups in total. The van der Waals surface area contributed by atoms with Gasteiger partial charge < -0.3 is 5.32 Å². The number of halogens is 3. The minimum atomic E-state index is -0.568. The van der Waals surface area contributed by atoms with Gasteiger partial charge in [-0.3, -0.25) is 4.79 Å². The van der Waals surface area contributed by atoms with Crippen molar-refractivity contribution in [2.75, 3.05) is 5.32 Å². The topological polar surface area (TPSA) is 29.1 Å². The molecule has 0 fully saturated rings. The van der Waals surface area contributed by atoms with Gasteiger partial charge in [0.15, 0.2) is 0 Å². The molecule has 0 atom stereocenters. The monoisotopic (exact) mass is 263 g/mol. The highest BCUT2D eigenvalue weighted by atomic mass is 35.5. The van der Waals surface area contributed by atoms with E-state index in [1.807, 2.05) is 0 Å². The molecule has 1 aromatic rings. The molecule has 0 unspecified atom stereocenters. The molecular formula is C11H12Cl2FNO. The van der Waals surface area contributed by atoms with Crippen LogP contribution in [0.15, 0.2) is 12.1 Å². The van der Waals surface area contributed by atoms with Gasteiger partial charge in [0.25, 0.3) is 0 Å². The first-order chi connectivity index (χ1) is 7.21. The summed E-state index contributed by atoms with van der Waals surface area (Å²) in [5.41, 5.74) is -0.328. The molecule has 1 amide bonds. The van der Waals surface area contributed by atoms with Gasteiger partial charge in [-0.1, -0.05) is 44.0 Å². The van der Waals surface area contributed by atoms with Crippen molar-refractivity contribution in [3.05, 3.63) is 28.0 Å². The summed E-state index contributed by atoms with van der Waals surface area (Å²) in [5.74, 6) is -0.772. The van der Waals surface area contributed by atoms with Crippen LogP contribution in [-0.4, -0.2) is 5.91 Å². The Labute approximate surface area is 104 Å². The van der Waals surface area contributed by atoms with Gasteiger partial charge in [-0.05, 0) is 12.1 Å². The van der Waals surface area contributed by atoms with Crippen molar-refractivity contribution in [2.24, 2.45) is 5.41 Å². The Bertz CT molecular complexity index is 403. The molecule has 0 saturated carbocycles. The Morgan fingerprint density at radius 3 is 2.06 bits per heavy atom. The summed E-state index contributed by atoms with van der Waals surface area (Å²) in [6.45, 7) is 5.27. The molecule has 0 aliphatic carbocycles. The lowest BCUT2D eigenvalue weighted by atomic mass is 9.95. The molecule has 5 heteroatoms. The summed E-state index contributed by atoms with van der Waals surface area (Å²) < 4.78 is 12.9. The zero-order valence-electron chi connectivity index (χ0n) is 9.20. The van der Waals surface area contributed by atoms with Crippen molar-refractivity contribution in [3.63, 3.8) is 0 Å². The predicted molar refractivity (Wildman–Crippen MR) is 64.5 cm³/mol. The third-order valence-corrected chi connectivity index (χ3v) is 2.52. The number of carbonyl (C=O) groups excluding carboxylic acids is 1. The Morgan fingerprint density at radius 1 is 1.25 bits per heavy atom. The standard InChI is InChI=1S/C11H12Cl2FNO/c1-11(2,3)10(16)15-9-7(12)4-6(14)5-8(9)13/h4-5H,1-3H3,(H,15,16). The molecule has 0 aliphatic heterocycles. The number of carbonyl (C=O) groups is 1. The van der Waals surface area contributed by atoms with E-state index < -0.39 is 11.2 Å². The van der Waals surface area contributed by atoms with E-state index in [9.17, 15) is 9.18 Å². The van der Waals surface area contributed by atoms with E-state index in [0.29, 0.717) is 0 Å². The van der Waals surface area contributed by atoms with Crippen LogP contribution in [0.5, 0.6) is 0 Å². The number of hydrogen-bond acceptors (Lipinski definition) is 1. The van der Waals surface area contributed by atoms with Crippen LogP contribution in [0.25, 0.3) is 0 Å². The summed E-state index contributed by atoms with van der Waals surface area (Å²) in [6, 6.07) is 2.21. The highest BCUT2D eigenvalue weighted by Gasteiger charge is 2.23. The summed E-state index contributed by atoms with van der Waals surface area (Å²) in [4.78, 5) is 11.7. The van der Waals surface area contributed by atoms with Gasteiger partial charge in [0.2, 0.25) is 5.91 Å².